The van der Waals surface area contributed by atoms with Gasteiger partial charge in [-0.3, -0.25) is 4.79 Å². The Morgan fingerprint density at radius 3 is 2.65 bits per heavy atom. The van der Waals surface area contributed by atoms with Gasteiger partial charge in [0, 0.05) is 5.56 Å². The molecule has 0 aliphatic carbocycles. The Kier molecular flexibility index (Phi) is 3.84. The Morgan fingerprint density at radius 1 is 1.30 bits per heavy atom. The molecule has 1 aromatic carbocycles. The highest BCUT2D eigenvalue weighted by atomic mass is 19.1. The van der Waals surface area contributed by atoms with E-state index in [0.29, 0.717) is 11.3 Å². The summed E-state index contributed by atoms with van der Waals surface area (Å²) in [6.45, 7) is 1.72. The minimum atomic E-state index is -1.18. The zero-order valence-electron chi connectivity index (χ0n) is 10.6. The van der Waals surface area contributed by atoms with Crippen molar-refractivity contribution in [2.24, 2.45) is 0 Å². The number of amides is 1. The summed E-state index contributed by atoms with van der Waals surface area (Å²) in [5.41, 5.74) is 0.842. The van der Waals surface area contributed by atoms with Crippen molar-refractivity contribution in [3.8, 4) is 0 Å². The number of halogens is 1. The highest BCUT2D eigenvalue weighted by Gasteiger charge is 2.11. The normalized spacial score (nSPS) is 10.3. The Hall–Kier alpha value is -2.63. The molecule has 2 N–H and O–H groups in total. The van der Waals surface area contributed by atoms with Gasteiger partial charge in [0.05, 0.1) is 6.54 Å². The van der Waals surface area contributed by atoms with Gasteiger partial charge in [0.15, 0.2) is 0 Å². The molecule has 0 atom stereocenters. The van der Waals surface area contributed by atoms with Crippen LogP contribution in [0.2, 0.25) is 0 Å². The standard InChI is InChI=1S/C14H12FNO4/c1-8-4-9(6-10(15)5-8)13(17)16-7-11-2-3-12(20-11)14(18)19/h2-6H,7H2,1H3,(H,16,17)(H,18,19). The number of furan rings is 1. The van der Waals surface area contributed by atoms with Crippen molar-refractivity contribution in [3.63, 3.8) is 0 Å². The minimum absolute atomic E-state index is 0.0294. The summed E-state index contributed by atoms with van der Waals surface area (Å²) < 4.78 is 18.2. The molecule has 5 nitrogen and oxygen atoms in total. The van der Waals surface area contributed by atoms with E-state index < -0.39 is 17.7 Å². The molecule has 0 saturated carbocycles. The number of carboxylic acids is 1. The first kappa shape index (κ1) is 13.8. The Balaban J connectivity index is 2.02. The van der Waals surface area contributed by atoms with Gasteiger partial charge in [-0.1, -0.05) is 0 Å². The molecule has 1 heterocycles. The number of benzene rings is 1. The van der Waals surface area contributed by atoms with Gasteiger partial charge in [0.1, 0.15) is 11.6 Å². The predicted octanol–water partition coefficient (Wildman–Crippen LogP) is 2.36. The maximum Gasteiger partial charge on any atom is 0.371 e. The van der Waals surface area contributed by atoms with Crippen LogP contribution in [0.1, 0.15) is 32.2 Å². The van der Waals surface area contributed by atoms with E-state index in [2.05, 4.69) is 5.32 Å². The second-order valence-corrected chi connectivity index (χ2v) is 4.27. The molecule has 2 aromatic rings. The molecule has 0 unspecified atom stereocenters. The molecule has 1 amide bonds. The van der Waals surface area contributed by atoms with Crippen molar-refractivity contribution in [2.75, 3.05) is 0 Å². The van der Waals surface area contributed by atoms with E-state index in [1.54, 1.807) is 13.0 Å². The van der Waals surface area contributed by atoms with Gasteiger partial charge in [-0.2, -0.15) is 0 Å². The van der Waals surface area contributed by atoms with Crippen LogP contribution in [-0.2, 0) is 6.54 Å². The van der Waals surface area contributed by atoms with E-state index in [1.807, 2.05) is 0 Å². The van der Waals surface area contributed by atoms with Crippen LogP contribution in [0.5, 0.6) is 0 Å². The molecule has 0 fully saturated rings. The quantitative estimate of drug-likeness (QED) is 0.899. The van der Waals surface area contributed by atoms with E-state index in [4.69, 9.17) is 9.52 Å². The van der Waals surface area contributed by atoms with Gasteiger partial charge < -0.3 is 14.8 Å². The third kappa shape index (κ3) is 3.23. The number of rotatable bonds is 4. The monoisotopic (exact) mass is 277 g/mol. The van der Waals surface area contributed by atoms with Crippen LogP contribution in [-0.4, -0.2) is 17.0 Å². The average molecular weight is 277 g/mol. The summed E-state index contributed by atoms with van der Waals surface area (Å²) >= 11 is 0. The van der Waals surface area contributed by atoms with E-state index in [-0.39, 0.29) is 17.9 Å². The van der Waals surface area contributed by atoms with E-state index in [0.717, 1.165) is 6.07 Å². The van der Waals surface area contributed by atoms with Gasteiger partial charge in [-0.05, 0) is 42.8 Å². The molecule has 0 bridgehead atoms. The third-order valence-electron chi connectivity index (χ3n) is 2.60. The van der Waals surface area contributed by atoms with Crippen molar-refractivity contribution in [3.05, 3.63) is 58.8 Å². The molecule has 104 valence electrons. The van der Waals surface area contributed by atoms with Gasteiger partial charge in [0.2, 0.25) is 5.76 Å². The second kappa shape index (κ2) is 5.56. The number of carboxylic acid groups (broad SMARTS) is 1. The molecule has 6 heteroatoms. The lowest BCUT2D eigenvalue weighted by molar-refractivity contribution is 0.0660. The van der Waals surface area contributed by atoms with Crippen molar-refractivity contribution in [1.82, 2.24) is 5.32 Å². The molecular weight excluding hydrogens is 265 g/mol. The fourth-order valence-electron chi connectivity index (χ4n) is 1.72. The summed E-state index contributed by atoms with van der Waals surface area (Å²) in [4.78, 5) is 22.5. The summed E-state index contributed by atoms with van der Waals surface area (Å²) in [5.74, 6) is -2.01. The largest absolute Gasteiger partial charge is 0.475 e. The molecule has 0 radical (unpaired) electrons. The maximum atomic E-state index is 13.2. The Morgan fingerprint density at radius 2 is 2.05 bits per heavy atom. The predicted molar refractivity (Wildman–Crippen MR) is 68.0 cm³/mol. The second-order valence-electron chi connectivity index (χ2n) is 4.27. The number of nitrogens with one attached hydrogen (secondary N) is 1. The summed E-state index contributed by atoms with van der Waals surface area (Å²) in [7, 11) is 0. The average Bonchev–Trinajstić information content (AvgIpc) is 2.83. The first-order chi connectivity index (χ1) is 9.45. The lowest BCUT2D eigenvalue weighted by Crippen LogP contribution is -2.22. The van der Waals surface area contributed by atoms with Gasteiger partial charge in [-0.25, -0.2) is 9.18 Å². The number of aromatic carboxylic acids is 1. The van der Waals surface area contributed by atoms with Gasteiger partial charge >= 0.3 is 5.97 Å². The maximum absolute atomic E-state index is 13.2. The zero-order valence-corrected chi connectivity index (χ0v) is 10.6. The summed E-state index contributed by atoms with van der Waals surface area (Å²) in [5, 5.41) is 11.2. The van der Waals surface area contributed by atoms with Crippen molar-refractivity contribution < 1.29 is 23.5 Å². The summed E-state index contributed by atoms with van der Waals surface area (Å²) in [6, 6.07) is 6.77. The highest BCUT2D eigenvalue weighted by Crippen LogP contribution is 2.10. The number of carbonyl (C=O) groups is 2. The van der Waals surface area contributed by atoms with E-state index in [9.17, 15) is 14.0 Å². The van der Waals surface area contributed by atoms with Crippen molar-refractivity contribution in [1.29, 1.82) is 0 Å². The van der Waals surface area contributed by atoms with Crippen LogP contribution in [0, 0.1) is 12.7 Å². The molecule has 1 aromatic heterocycles. The van der Waals surface area contributed by atoms with Crippen LogP contribution in [0.3, 0.4) is 0 Å². The third-order valence-corrected chi connectivity index (χ3v) is 2.60. The van der Waals surface area contributed by atoms with E-state index >= 15 is 0 Å². The Bertz CT molecular complexity index is 643. The number of aryl methyl sites for hydroxylation is 1. The molecule has 0 aliphatic heterocycles. The minimum Gasteiger partial charge on any atom is -0.475 e. The first-order valence-corrected chi connectivity index (χ1v) is 5.83. The molecule has 0 spiro atoms. The van der Waals surface area contributed by atoms with Crippen LogP contribution in [0.4, 0.5) is 4.39 Å². The van der Waals surface area contributed by atoms with Crippen molar-refractivity contribution in [2.45, 2.75) is 13.5 Å². The SMILES string of the molecule is Cc1cc(F)cc(C(=O)NCc2ccc(C(=O)O)o2)c1. The van der Waals surface area contributed by atoms with Gasteiger partial charge in [-0.15, -0.1) is 0 Å². The van der Waals surface area contributed by atoms with Crippen LogP contribution in [0.25, 0.3) is 0 Å². The van der Waals surface area contributed by atoms with Crippen LogP contribution >= 0.6 is 0 Å². The zero-order chi connectivity index (χ0) is 14.7. The number of hydrogen-bond acceptors (Lipinski definition) is 3. The molecule has 2 rings (SSSR count). The lowest BCUT2D eigenvalue weighted by Gasteiger charge is -2.04. The Labute approximate surface area is 114 Å². The highest BCUT2D eigenvalue weighted by molar-refractivity contribution is 5.94. The molecular formula is C14H12FNO4. The first-order valence-electron chi connectivity index (χ1n) is 5.83. The fraction of sp³-hybridized carbons (Fsp3) is 0.143. The van der Waals surface area contributed by atoms with Gasteiger partial charge in [0.25, 0.3) is 5.91 Å². The smallest absolute Gasteiger partial charge is 0.371 e. The number of hydrogen-bond donors (Lipinski definition) is 2. The summed E-state index contributed by atoms with van der Waals surface area (Å²) in [6.07, 6.45) is 0. The lowest BCUT2D eigenvalue weighted by atomic mass is 10.1. The molecule has 0 saturated heterocycles. The topological polar surface area (TPSA) is 79.5 Å². The number of carbonyl (C=O) groups excluding carboxylic acids is 1. The fourth-order valence-corrected chi connectivity index (χ4v) is 1.72. The molecule has 0 aliphatic rings. The van der Waals surface area contributed by atoms with Crippen molar-refractivity contribution >= 4 is 11.9 Å². The van der Waals surface area contributed by atoms with Crippen LogP contribution < -0.4 is 5.32 Å². The van der Waals surface area contributed by atoms with Crippen LogP contribution in [0.15, 0.2) is 34.7 Å². The van der Waals surface area contributed by atoms with E-state index in [1.165, 1.54) is 18.2 Å². The molecule has 20 heavy (non-hydrogen) atoms.